The van der Waals surface area contributed by atoms with Gasteiger partial charge in [-0.2, -0.15) is 22.1 Å². The largest absolute Gasteiger partial charge is 0.352 e. The molecular weight excluding hydrogens is 330 g/mol. The summed E-state index contributed by atoms with van der Waals surface area (Å²) in [6, 6.07) is 0. The van der Waals surface area contributed by atoms with Gasteiger partial charge in [0.1, 0.15) is 0 Å². The summed E-state index contributed by atoms with van der Waals surface area (Å²) < 4.78 is 28.6. The summed E-state index contributed by atoms with van der Waals surface area (Å²) in [6.45, 7) is 5.24. The van der Waals surface area contributed by atoms with E-state index >= 15 is 0 Å². The second kappa shape index (κ2) is 7.20. The van der Waals surface area contributed by atoms with Gasteiger partial charge in [0.15, 0.2) is 0 Å². The molecule has 0 bridgehead atoms. The SMILES string of the molecule is Cc1nn(C)c(C)c1C(=O)NCC1CCN(S(=O)(=O)N(C)C)CC1. The average Bonchev–Trinajstić information content (AvgIpc) is 2.78. The predicted octanol–water partition coefficient (Wildman–Crippen LogP) is 0.285. The molecule has 9 heteroatoms. The molecule has 1 N–H and O–H groups in total. The minimum absolute atomic E-state index is 0.110. The number of hydrogen-bond acceptors (Lipinski definition) is 4. The molecule has 1 amide bonds. The van der Waals surface area contributed by atoms with Crippen LogP contribution in [0.1, 0.15) is 34.6 Å². The Morgan fingerprint density at radius 1 is 1.29 bits per heavy atom. The monoisotopic (exact) mass is 357 g/mol. The Balaban J connectivity index is 1.88. The third kappa shape index (κ3) is 3.79. The molecule has 24 heavy (non-hydrogen) atoms. The fourth-order valence-electron chi connectivity index (χ4n) is 3.00. The third-order valence-electron chi connectivity index (χ3n) is 4.65. The first-order valence-electron chi connectivity index (χ1n) is 8.10. The number of carbonyl (C=O) groups excluding carboxylic acids is 1. The van der Waals surface area contributed by atoms with Crippen LogP contribution in [-0.2, 0) is 17.3 Å². The van der Waals surface area contributed by atoms with Gasteiger partial charge < -0.3 is 5.32 Å². The van der Waals surface area contributed by atoms with Crippen molar-refractivity contribution in [2.75, 3.05) is 33.7 Å². The molecule has 8 nitrogen and oxygen atoms in total. The maximum absolute atomic E-state index is 12.4. The number of aryl methyl sites for hydroxylation is 2. The summed E-state index contributed by atoms with van der Waals surface area (Å²) in [6.07, 6.45) is 1.50. The van der Waals surface area contributed by atoms with E-state index in [9.17, 15) is 13.2 Å². The number of amides is 1. The van der Waals surface area contributed by atoms with Gasteiger partial charge in [0.25, 0.3) is 16.1 Å². The van der Waals surface area contributed by atoms with Gasteiger partial charge in [-0.1, -0.05) is 0 Å². The summed E-state index contributed by atoms with van der Waals surface area (Å²) in [5.74, 6) is 0.182. The Morgan fingerprint density at radius 2 is 1.88 bits per heavy atom. The van der Waals surface area contributed by atoms with Crippen molar-refractivity contribution < 1.29 is 13.2 Å². The van der Waals surface area contributed by atoms with Crippen LogP contribution in [0.2, 0.25) is 0 Å². The van der Waals surface area contributed by atoms with Crippen molar-refractivity contribution in [2.45, 2.75) is 26.7 Å². The Kier molecular flexibility index (Phi) is 5.67. The molecule has 1 fully saturated rings. The molecule has 1 aliphatic rings. The number of hydrogen-bond donors (Lipinski definition) is 1. The average molecular weight is 357 g/mol. The molecule has 136 valence electrons. The van der Waals surface area contributed by atoms with E-state index in [1.165, 1.54) is 8.61 Å². The van der Waals surface area contributed by atoms with Crippen molar-refractivity contribution >= 4 is 16.1 Å². The van der Waals surface area contributed by atoms with E-state index < -0.39 is 10.2 Å². The third-order valence-corrected chi connectivity index (χ3v) is 6.59. The quantitative estimate of drug-likeness (QED) is 0.820. The molecule has 0 aliphatic carbocycles. The molecule has 1 aliphatic heterocycles. The van der Waals surface area contributed by atoms with Gasteiger partial charge in [0.2, 0.25) is 0 Å². The van der Waals surface area contributed by atoms with Crippen molar-refractivity contribution in [2.24, 2.45) is 13.0 Å². The lowest BCUT2D eigenvalue weighted by Gasteiger charge is -2.32. The molecule has 0 radical (unpaired) electrons. The van der Waals surface area contributed by atoms with Crippen LogP contribution >= 0.6 is 0 Å². The maximum atomic E-state index is 12.4. The van der Waals surface area contributed by atoms with Crippen LogP contribution < -0.4 is 5.32 Å². The standard InChI is InChI=1S/C15H27N5O3S/c1-11-14(12(2)19(5)17-11)15(21)16-10-13-6-8-20(9-7-13)24(22,23)18(3)4/h13H,6-10H2,1-5H3,(H,16,21). The van der Waals surface area contributed by atoms with Gasteiger partial charge >= 0.3 is 0 Å². The second-order valence-corrected chi connectivity index (χ2v) is 8.65. The van der Waals surface area contributed by atoms with Crippen LogP contribution in [0, 0.1) is 19.8 Å². The van der Waals surface area contributed by atoms with E-state index in [1.54, 1.807) is 18.8 Å². The van der Waals surface area contributed by atoms with Crippen LogP contribution in [0.3, 0.4) is 0 Å². The highest BCUT2D eigenvalue weighted by atomic mass is 32.2. The normalized spacial score (nSPS) is 17.4. The highest BCUT2D eigenvalue weighted by Gasteiger charge is 2.29. The number of aromatic nitrogens is 2. The van der Waals surface area contributed by atoms with Gasteiger partial charge in [0, 0.05) is 46.5 Å². The first-order valence-corrected chi connectivity index (χ1v) is 9.50. The van der Waals surface area contributed by atoms with E-state index in [1.807, 2.05) is 20.9 Å². The number of piperidine rings is 1. The molecule has 0 saturated carbocycles. The van der Waals surface area contributed by atoms with Crippen molar-refractivity contribution in [3.63, 3.8) is 0 Å². The zero-order chi connectivity index (χ0) is 18.1. The van der Waals surface area contributed by atoms with E-state index in [-0.39, 0.29) is 5.91 Å². The van der Waals surface area contributed by atoms with Crippen LogP contribution in [-0.4, -0.2) is 66.4 Å². The van der Waals surface area contributed by atoms with Gasteiger partial charge in [-0.25, -0.2) is 0 Å². The topological polar surface area (TPSA) is 87.5 Å². The molecule has 0 spiro atoms. The zero-order valence-corrected chi connectivity index (χ0v) is 15.9. The number of rotatable bonds is 5. The fraction of sp³-hybridized carbons (Fsp3) is 0.733. The molecule has 1 aromatic rings. The zero-order valence-electron chi connectivity index (χ0n) is 15.0. The summed E-state index contributed by atoms with van der Waals surface area (Å²) >= 11 is 0. The minimum Gasteiger partial charge on any atom is -0.352 e. The van der Waals surface area contributed by atoms with Crippen LogP contribution in [0.4, 0.5) is 0 Å². The van der Waals surface area contributed by atoms with Gasteiger partial charge in [-0.15, -0.1) is 0 Å². The molecule has 0 aromatic carbocycles. The lowest BCUT2D eigenvalue weighted by atomic mass is 9.98. The van der Waals surface area contributed by atoms with Gasteiger partial charge in [0.05, 0.1) is 11.3 Å². The maximum Gasteiger partial charge on any atom is 0.281 e. The lowest BCUT2D eigenvalue weighted by molar-refractivity contribution is 0.0940. The van der Waals surface area contributed by atoms with Crippen LogP contribution in [0.5, 0.6) is 0 Å². The first kappa shape index (κ1) is 18.9. The fourth-order valence-corrected chi connectivity index (χ4v) is 4.14. The van der Waals surface area contributed by atoms with E-state index in [2.05, 4.69) is 10.4 Å². The molecule has 0 atom stereocenters. The van der Waals surface area contributed by atoms with Crippen molar-refractivity contribution in [3.8, 4) is 0 Å². The second-order valence-electron chi connectivity index (χ2n) is 6.51. The van der Waals surface area contributed by atoms with Gasteiger partial charge in [-0.3, -0.25) is 9.48 Å². The summed E-state index contributed by atoms with van der Waals surface area (Å²) in [5, 5.41) is 7.23. The van der Waals surface area contributed by atoms with Crippen molar-refractivity contribution in [1.29, 1.82) is 0 Å². The van der Waals surface area contributed by atoms with E-state index in [0.29, 0.717) is 31.1 Å². The number of nitrogens with one attached hydrogen (secondary N) is 1. The molecular formula is C15H27N5O3S. The Morgan fingerprint density at radius 3 is 2.33 bits per heavy atom. The molecule has 2 heterocycles. The van der Waals surface area contributed by atoms with E-state index in [0.717, 1.165) is 24.2 Å². The molecule has 2 rings (SSSR count). The molecule has 1 saturated heterocycles. The highest BCUT2D eigenvalue weighted by molar-refractivity contribution is 7.86. The van der Waals surface area contributed by atoms with Crippen molar-refractivity contribution in [3.05, 3.63) is 17.0 Å². The number of nitrogens with zero attached hydrogens (tertiary/aromatic N) is 4. The lowest BCUT2D eigenvalue weighted by Crippen LogP contribution is -2.45. The minimum atomic E-state index is -3.34. The van der Waals surface area contributed by atoms with Crippen LogP contribution in [0.15, 0.2) is 0 Å². The summed E-state index contributed by atoms with van der Waals surface area (Å²) in [4.78, 5) is 12.4. The van der Waals surface area contributed by atoms with Crippen molar-refractivity contribution in [1.82, 2.24) is 23.7 Å². The Hall–Kier alpha value is -1.45. The van der Waals surface area contributed by atoms with Crippen LogP contribution in [0.25, 0.3) is 0 Å². The molecule has 1 aromatic heterocycles. The summed E-state index contributed by atoms with van der Waals surface area (Å²) in [7, 11) is 1.57. The Labute approximate surface area is 144 Å². The van der Waals surface area contributed by atoms with E-state index in [4.69, 9.17) is 0 Å². The predicted molar refractivity (Wildman–Crippen MR) is 91.9 cm³/mol. The molecule has 0 unspecified atom stereocenters. The van der Waals surface area contributed by atoms with Gasteiger partial charge in [-0.05, 0) is 32.6 Å². The first-order chi connectivity index (χ1) is 11.1. The summed E-state index contributed by atoms with van der Waals surface area (Å²) in [5.41, 5.74) is 2.20. The number of carbonyl (C=O) groups is 1. The highest BCUT2D eigenvalue weighted by Crippen LogP contribution is 2.20. The smallest absolute Gasteiger partial charge is 0.281 e. The Bertz CT molecular complexity index is 703.